The van der Waals surface area contributed by atoms with Crippen molar-refractivity contribution in [3.63, 3.8) is 0 Å². The van der Waals surface area contributed by atoms with Crippen molar-refractivity contribution < 1.29 is 18.3 Å². The van der Waals surface area contributed by atoms with Crippen LogP contribution >= 0.6 is 0 Å². The number of hydrogen-bond donors (Lipinski definition) is 2. The summed E-state index contributed by atoms with van der Waals surface area (Å²) in [6, 6.07) is 9.61. The number of fused-ring (bicyclic) bond motifs is 3. The zero-order valence-electron chi connectivity index (χ0n) is 20.3. The van der Waals surface area contributed by atoms with Crippen molar-refractivity contribution in [3.8, 4) is 22.5 Å². The van der Waals surface area contributed by atoms with Gasteiger partial charge in [-0.25, -0.2) is 9.97 Å². The molecule has 2 N–H and O–H groups in total. The number of aliphatic hydroxyl groups excluding tert-OH is 1. The molecule has 192 valence electrons. The molecule has 2 aromatic rings. The molecule has 11 heteroatoms. The molecule has 0 saturated heterocycles. The van der Waals surface area contributed by atoms with E-state index in [1.54, 1.807) is 32.2 Å². The van der Waals surface area contributed by atoms with E-state index in [0.29, 0.717) is 41.4 Å². The highest BCUT2D eigenvalue weighted by atomic mass is 19.4. The summed E-state index contributed by atoms with van der Waals surface area (Å²) in [7, 11) is 0. The van der Waals surface area contributed by atoms with Gasteiger partial charge in [-0.3, -0.25) is 9.79 Å². The monoisotopic (exact) mass is 510 g/mol. The fourth-order valence-electron chi connectivity index (χ4n) is 4.57. The maximum atomic E-state index is 13.3. The highest BCUT2D eigenvalue weighted by Gasteiger charge is 2.31. The molecule has 1 aromatic carbocycles. The lowest BCUT2D eigenvalue weighted by Gasteiger charge is -2.19. The summed E-state index contributed by atoms with van der Waals surface area (Å²) in [6.45, 7) is 4.80. The standard InChI is InChI=1S/C26H25F3N6O2/c1-15(17-4-3-5-19(12-17)26(27,28)29)31-23-21-13-20(18-6-7-22(37)34(14-18)10-11-36)24-30-8-9-35(24)25(21)33-16(2)32-23/h3-7,12-15,30,36H,8-11H2,1-2H3/t15-/m1/s1. The van der Waals surface area contributed by atoms with Crippen LogP contribution in [-0.2, 0) is 19.3 Å². The summed E-state index contributed by atoms with van der Waals surface area (Å²) in [5, 5.41) is 12.7. The quantitative estimate of drug-likeness (QED) is 0.428. The van der Waals surface area contributed by atoms with E-state index in [9.17, 15) is 23.1 Å². The van der Waals surface area contributed by atoms with Crippen molar-refractivity contribution in [1.29, 1.82) is 0 Å². The summed E-state index contributed by atoms with van der Waals surface area (Å²) < 4.78 is 43.2. The van der Waals surface area contributed by atoms with Crippen LogP contribution in [-0.4, -0.2) is 37.4 Å². The van der Waals surface area contributed by atoms with Gasteiger partial charge in [0.15, 0.2) is 5.49 Å². The van der Waals surface area contributed by atoms with Crippen LogP contribution in [0, 0.1) is 6.92 Å². The third-order valence-electron chi connectivity index (χ3n) is 6.36. The van der Waals surface area contributed by atoms with Gasteiger partial charge in [0, 0.05) is 43.0 Å². The Morgan fingerprint density at radius 3 is 2.73 bits per heavy atom. The number of rotatable bonds is 5. The summed E-state index contributed by atoms with van der Waals surface area (Å²) in [5.74, 6) is 1.99. The first-order valence-corrected chi connectivity index (χ1v) is 11.8. The third-order valence-corrected chi connectivity index (χ3v) is 6.36. The fraction of sp³-hybridized carbons (Fsp3) is 0.308. The second kappa shape index (κ2) is 9.47. The van der Waals surface area contributed by atoms with Gasteiger partial charge in [0.1, 0.15) is 17.5 Å². The first-order chi connectivity index (χ1) is 17.7. The largest absolute Gasteiger partial charge is 0.416 e. The molecule has 5 rings (SSSR count). The van der Waals surface area contributed by atoms with Gasteiger partial charge in [0.2, 0.25) is 0 Å². The van der Waals surface area contributed by atoms with E-state index in [1.807, 2.05) is 10.6 Å². The lowest BCUT2D eigenvalue weighted by Crippen LogP contribution is -2.22. The number of nitrogens with one attached hydrogen (secondary N) is 1. The number of pyridine rings is 2. The maximum absolute atomic E-state index is 13.3. The molecule has 0 radical (unpaired) electrons. The van der Waals surface area contributed by atoms with E-state index >= 15 is 0 Å². The summed E-state index contributed by atoms with van der Waals surface area (Å²) in [4.78, 5) is 26.1. The zero-order chi connectivity index (χ0) is 26.3. The van der Waals surface area contributed by atoms with E-state index in [2.05, 4.69) is 15.3 Å². The van der Waals surface area contributed by atoms with Crippen molar-refractivity contribution in [2.75, 3.05) is 18.5 Å². The molecule has 0 saturated carbocycles. The lowest BCUT2D eigenvalue weighted by molar-refractivity contribution is -0.137. The predicted molar refractivity (Wildman–Crippen MR) is 132 cm³/mol. The molecular formula is C26H25F3N6O2. The van der Waals surface area contributed by atoms with Gasteiger partial charge < -0.3 is 19.6 Å². The van der Waals surface area contributed by atoms with Gasteiger partial charge >= 0.3 is 6.18 Å². The van der Waals surface area contributed by atoms with Crippen LogP contribution in [0.5, 0.6) is 0 Å². The Balaban J connectivity index is 1.70. The Kier molecular flexibility index (Phi) is 6.32. The number of aryl methyl sites for hydroxylation is 1. The summed E-state index contributed by atoms with van der Waals surface area (Å²) in [6.07, 6.45) is -2.75. The second-order valence-corrected chi connectivity index (χ2v) is 8.92. The molecule has 3 aliphatic heterocycles. The molecule has 0 amide bonds. The number of nitrogens with zero attached hydrogens (tertiary/aromatic N) is 5. The number of aromatic nitrogens is 4. The minimum atomic E-state index is -4.44. The highest BCUT2D eigenvalue weighted by molar-refractivity contribution is 5.82. The smallest absolute Gasteiger partial charge is 0.395 e. The van der Waals surface area contributed by atoms with Crippen molar-refractivity contribution in [2.24, 2.45) is 4.99 Å². The minimum Gasteiger partial charge on any atom is -0.395 e. The number of alkyl halides is 3. The van der Waals surface area contributed by atoms with Crippen molar-refractivity contribution >= 4 is 5.82 Å². The molecule has 0 unspecified atom stereocenters. The molecule has 1 aromatic heterocycles. The van der Waals surface area contributed by atoms with Crippen LogP contribution in [0.3, 0.4) is 0 Å². The van der Waals surface area contributed by atoms with E-state index < -0.39 is 17.8 Å². The van der Waals surface area contributed by atoms with Crippen LogP contribution in [0.4, 0.5) is 19.0 Å². The van der Waals surface area contributed by atoms with Crippen LogP contribution in [0.2, 0.25) is 0 Å². The van der Waals surface area contributed by atoms with Crippen molar-refractivity contribution in [2.45, 2.75) is 39.2 Å². The molecule has 0 spiro atoms. The van der Waals surface area contributed by atoms with Crippen LogP contribution in [0.15, 0.2) is 58.4 Å². The predicted octanol–water partition coefficient (Wildman–Crippen LogP) is 3.62. The van der Waals surface area contributed by atoms with E-state index in [1.165, 1.54) is 16.7 Å². The van der Waals surface area contributed by atoms with Crippen LogP contribution < -0.4 is 16.4 Å². The van der Waals surface area contributed by atoms with E-state index in [-0.39, 0.29) is 18.7 Å². The molecule has 8 nitrogen and oxygen atoms in total. The molecule has 0 fully saturated rings. The molecule has 0 bridgehead atoms. The summed E-state index contributed by atoms with van der Waals surface area (Å²) in [5.41, 5.74) is 2.05. The first kappa shape index (κ1) is 24.7. The topological polar surface area (TPSA) is 97.3 Å². The van der Waals surface area contributed by atoms with Gasteiger partial charge in [-0.1, -0.05) is 12.1 Å². The van der Waals surface area contributed by atoms with Gasteiger partial charge in [0.05, 0.1) is 23.8 Å². The van der Waals surface area contributed by atoms with Gasteiger partial charge in [-0.15, -0.1) is 0 Å². The Morgan fingerprint density at radius 1 is 1.16 bits per heavy atom. The Labute approximate surface area is 210 Å². The average molecular weight is 511 g/mol. The number of halogens is 3. The highest BCUT2D eigenvalue weighted by Crippen LogP contribution is 2.36. The van der Waals surface area contributed by atoms with Crippen molar-refractivity contribution in [1.82, 2.24) is 19.1 Å². The summed E-state index contributed by atoms with van der Waals surface area (Å²) >= 11 is 0. The van der Waals surface area contributed by atoms with E-state index in [0.717, 1.165) is 29.1 Å². The van der Waals surface area contributed by atoms with Crippen LogP contribution in [0.1, 0.15) is 29.9 Å². The van der Waals surface area contributed by atoms with E-state index in [4.69, 9.17) is 4.99 Å². The fourth-order valence-corrected chi connectivity index (χ4v) is 4.57. The zero-order valence-corrected chi connectivity index (χ0v) is 20.3. The molecule has 37 heavy (non-hydrogen) atoms. The number of anilines is 1. The van der Waals surface area contributed by atoms with Crippen molar-refractivity contribution in [3.05, 3.63) is 81.5 Å². The average Bonchev–Trinajstić information content (AvgIpc) is 3.35. The van der Waals surface area contributed by atoms with Gasteiger partial charge in [-0.05, 0) is 43.7 Å². The number of hydrogen-bond acceptors (Lipinski definition) is 6. The minimum absolute atomic E-state index is 0.167. The van der Waals surface area contributed by atoms with Crippen LogP contribution in [0.25, 0.3) is 22.5 Å². The molecule has 0 aliphatic carbocycles. The second-order valence-electron chi connectivity index (χ2n) is 8.92. The molecular weight excluding hydrogens is 485 g/mol. The van der Waals surface area contributed by atoms with Gasteiger partial charge in [0.25, 0.3) is 5.56 Å². The molecule has 4 heterocycles. The Hall–Kier alpha value is -3.99. The molecule has 3 aliphatic rings. The molecule has 1 atom stereocenters. The van der Waals surface area contributed by atoms with Gasteiger partial charge in [-0.2, -0.15) is 13.2 Å². The third kappa shape index (κ3) is 4.74. The Bertz CT molecular complexity index is 1570. The maximum Gasteiger partial charge on any atom is 0.416 e. The first-order valence-electron chi connectivity index (χ1n) is 11.8. The Morgan fingerprint density at radius 2 is 1.97 bits per heavy atom. The lowest BCUT2D eigenvalue weighted by atomic mass is 10.0. The number of aliphatic hydroxyl groups is 1. The normalized spacial score (nSPS) is 14.6. The number of benzene rings is 1. The SMILES string of the molecule is Cc1nc2n3c(c(-c4ccc(=O)n(CCO)c4)cc-2c(=N[C@H](C)c2cccc(C(F)(F)F)c2)n1)NCC3.